The molecule has 0 saturated carbocycles. The summed E-state index contributed by atoms with van der Waals surface area (Å²) in [5, 5.41) is 13.6. The molecule has 35 heavy (non-hydrogen) atoms. The highest BCUT2D eigenvalue weighted by atomic mass is 32.1. The predicted molar refractivity (Wildman–Crippen MR) is 142 cm³/mol. The molecular formula is C28H25N5OS. The summed E-state index contributed by atoms with van der Waals surface area (Å²) in [5.41, 5.74) is 12.9. The normalized spacial score (nSPS) is 10.9. The third kappa shape index (κ3) is 5.15. The average Bonchev–Trinajstić information content (AvgIpc) is 3.58. The molecule has 2 heterocycles. The van der Waals surface area contributed by atoms with E-state index in [9.17, 15) is 4.79 Å². The molecule has 5 rings (SSSR count). The van der Waals surface area contributed by atoms with Gasteiger partial charge in [-0.15, -0.1) is 16.4 Å². The Balaban J connectivity index is 1.30. The second-order valence-corrected chi connectivity index (χ2v) is 9.31. The van der Waals surface area contributed by atoms with Gasteiger partial charge in [0.05, 0.1) is 17.6 Å². The molecule has 3 N–H and O–H groups in total. The van der Waals surface area contributed by atoms with Crippen LogP contribution in [0.1, 0.15) is 21.5 Å². The van der Waals surface area contributed by atoms with E-state index >= 15 is 0 Å². The van der Waals surface area contributed by atoms with Gasteiger partial charge in [-0.3, -0.25) is 9.48 Å². The maximum Gasteiger partial charge on any atom is 0.255 e. The minimum Gasteiger partial charge on any atom is -0.397 e. The van der Waals surface area contributed by atoms with Crippen LogP contribution in [0.15, 0.2) is 90.4 Å². The van der Waals surface area contributed by atoms with Gasteiger partial charge in [-0.25, -0.2) is 0 Å². The topological polar surface area (TPSA) is 85.8 Å². The molecule has 0 aliphatic rings. The highest BCUT2D eigenvalue weighted by Gasteiger charge is 2.12. The van der Waals surface area contributed by atoms with E-state index in [0.717, 1.165) is 34.7 Å². The first-order valence-electron chi connectivity index (χ1n) is 11.4. The number of carbonyl (C=O) groups is 1. The zero-order valence-corrected chi connectivity index (χ0v) is 20.1. The summed E-state index contributed by atoms with van der Waals surface area (Å²) in [6.45, 7) is 2.85. The van der Waals surface area contributed by atoms with E-state index < -0.39 is 0 Å². The predicted octanol–water partition coefficient (Wildman–Crippen LogP) is 6.06. The SMILES string of the molecule is Cc1ccccc1CCn1cc(-c2cccc(C(=O)Nc3cc(-c4cccs4)ccc3N)c2)nn1. The Bertz CT molecular complexity index is 1470. The fraction of sp³-hybridized carbons (Fsp3) is 0.107. The minimum absolute atomic E-state index is 0.228. The van der Waals surface area contributed by atoms with Gasteiger partial charge in [0.25, 0.3) is 5.91 Å². The number of benzene rings is 3. The Morgan fingerprint density at radius 2 is 1.89 bits per heavy atom. The number of amides is 1. The van der Waals surface area contributed by atoms with E-state index in [0.29, 0.717) is 16.9 Å². The standard InChI is InChI=1S/C28H25N5OS/c1-19-6-2-3-7-20(19)13-14-33-18-26(31-32-33)21-8-4-9-23(16-21)28(34)30-25-17-22(11-12-24(25)29)27-10-5-15-35-27/h2-12,15-18H,13-14,29H2,1H3,(H,30,34). The number of aryl methyl sites for hydroxylation is 3. The van der Waals surface area contributed by atoms with Crippen LogP contribution in [-0.4, -0.2) is 20.9 Å². The number of nitrogens with zero attached hydrogens (tertiary/aromatic N) is 3. The van der Waals surface area contributed by atoms with Crippen molar-refractivity contribution < 1.29 is 4.79 Å². The summed E-state index contributed by atoms with van der Waals surface area (Å²) in [4.78, 5) is 14.2. The van der Waals surface area contributed by atoms with E-state index in [-0.39, 0.29) is 5.91 Å². The van der Waals surface area contributed by atoms with Gasteiger partial charge >= 0.3 is 0 Å². The van der Waals surface area contributed by atoms with Gasteiger partial charge < -0.3 is 11.1 Å². The van der Waals surface area contributed by atoms with Crippen LogP contribution in [0.5, 0.6) is 0 Å². The Morgan fingerprint density at radius 3 is 2.71 bits per heavy atom. The summed E-state index contributed by atoms with van der Waals surface area (Å²) >= 11 is 1.64. The van der Waals surface area contributed by atoms with Gasteiger partial charge in [-0.2, -0.15) is 0 Å². The summed E-state index contributed by atoms with van der Waals surface area (Å²) in [7, 11) is 0. The van der Waals surface area contributed by atoms with Crippen LogP contribution in [0.2, 0.25) is 0 Å². The van der Waals surface area contributed by atoms with Crippen molar-refractivity contribution in [2.45, 2.75) is 19.9 Å². The molecule has 7 heteroatoms. The fourth-order valence-corrected chi connectivity index (χ4v) is 4.66. The number of carbonyl (C=O) groups excluding carboxylic acids is 1. The highest BCUT2D eigenvalue weighted by Crippen LogP contribution is 2.30. The number of aromatic nitrogens is 3. The number of hydrogen-bond acceptors (Lipinski definition) is 5. The van der Waals surface area contributed by atoms with Gasteiger partial charge in [0.15, 0.2) is 0 Å². The monoisotopic (exact) mass is 479 g/mol. The van der Waals surface area contributed by atoms with E-state index in [1.54, 1.807) is 17.4 Å². The molecular weight excluding hydrogens is 454 g/mol. The maximum atomic E-state index is 13.0. The van der Waals surface area contributed by atoms with Crippen molar-refractivity contribution in [2.75, 3.05) is 11.1 Å². The van der Waals surface area contributed by atoms with Gasteiger partial charge in [0, 0.05) is 22.5 Å². The quantitative estimate of drug-likeness (QED) is 0.278. The van der Waals surface area contributed by atoms with Gasteiger partial charge in [-0.1, -0.05) is 53.7 Å². The lowest BCUT2D eigenvalue weighted by atomic mass is 10.1. The summed E-state index contributed by atoms with van der Waals surface area (Å²) in [5.74, 6) is -0.228. The zero-order chi connectivity index (χ0) is 24.2. The molecule has 0 aliphatic heterocycles. The number of anilines is 2. The average molecular weight is 480 g/mol. The van der Waals surface area contributed by atoms with Gasteiger partial charge in [0.2, 0.25) is 0 Å². The highest BCUT2D eigenvalue weighted by molar-refractivity contribution is 7.13. The molecule has 0 aliphatic carbocycles. The molecule has 0 radical (unpaired) electrons. The van der Waals surface area contributed by atoms with Crippen molar-refractivity contribution in [1.82, 2.24) is 15.0 Å². The van der Waals surface area contributed by atoms with E-state index in [1.165, 1.54) is 11.1 Å². The van der Waals surface area contributed by atoms with E-state index in [4.69, 9.17) is 5.73 Å². The van der Waals surface area contributed by atoms with E-state index in [1.807, 2.05) is 70.9 Å². The lowest BCUT2D eigenvalue weighted by molar-refractivity contribution is 0.102. The molecule has 174 valence electrons. The van der Waals surface area contributed by atoms with Crippen LogP contribution in [0, 0.1) is 6.92 Å². The number of rotatable bonds is 7. The Kier molecular flexibility index (Phi) is 6.41. The molecule has 1 amide bonds. The summed E-state index contributed by atoms with van der Waals surface area (Å²) in [6, 6.07) is 25.5. The largest absolute Gasteiger partial charge is 0.397 e. The third-order valence-electron chi connectivity index (χ3n) is 5.94. The van der Waals surface area contributed by atoms with Crippen molar-refractivity contribution in [1.29, 1.82) is 0 Å². The van der Waals surface area contributed by atoms with Crippen LogP contribution in [0.3, 0.4) is 0 Å². The number of nitrogen functional groups attached to an aromatic ring is 1. The molecule has 0 saturated heterocycles. The van der Waals surface area contributed by atoms with Gasteiger partial charge in [-0.05, 0) is 65.7 Å². The second kappa shape index (κ2) is 9.95. The molecule has 6 nitrogen and oxygen atoms in total. The molecule has 2 aromatic heterocycles. The molecule has 0 fully saturated rings. The maximum absolute atomic E-state index is 13.0. The molecule has 3 aromatic carbocycles. The Morgan fingerprint density at radius 1 is 1.00 bits per heavy atom. The van der Waals surface area contributed by atoms with Crippen LogP contribution in [0.25, 0.3) is 21.7 Å². The summed E-state index contributed by atoms with van der Waals surface area (Å²) < 4.78 is 1.84. The number of nitrogens with one attached hydrogen (secondary N) is 1. The number of thiophene rings is 1. The lowest BCUT2D eigenvalue weighted by Crippen LogP contribution is -2.13. The van der Waals surface area contributed by atoms with Crippen molar-refractivity contribution in [3.8, 4) is 21.7 Å². The van der Waals surface area contributed by atoms with Crippen molar-refractivity contribution in [2.24, 2.45) is 0 Å². The first kappa shape index (κ1) is 22.6. The van der Waals surface area contributed by atoms with Crippen LogP contribution >= 0.6 is 11.3 Å². The van der Waals surface area contributed by atoms with Crippen molar-refractivity contribution in [3.05, 3.63) is 107 Å². The number of nitrogens with two attached hydrogens (primary N) is 1. The first-order valence-corrected chi connectivity index (χ1v) is 12.2. The van der Waals surface area contributed by atoms with Crippen molar-refractivity contribution >= 4 is 28.6 Å². The summed E-state index contributed by atoms with van der Waals surface area (Å²) in [6.07, 6.45) is 2.79. The minimum atomic E-state index is -0.228. The molecule has 0 unspecified atom stereocenters. The van der Waals surface area contributed by atoms with Crippen LogP contribution in [-0.2, 0) is 13.0 Å². The number of hydrogen-bond donors (Lipinski definition) is 2. The Hall–Kier alpha value is -4.23. The fourth-order valence-electron chi connectivity index (χ4n) is 3.94. The molecule has 0 bridgehead atoms. The smallest absolute Gasteiger partial charge is 0.255 e. The van der Waals surface area contributed by atoms with Crippen LogP contribution < -0.4 is 11.1 Å². The zero-order valence-electron chi connectivity index (χ0n) is 19.3. The third-order valence-corrected chi connectivity index (χ3v) is 6.86. The molecule has 0 atom stereocenters. The lowest BCUT2D eigenvalue weighted by Gasteiger charge is -2.10. The van der Waals surface area contributed by atoms with E-state index in [2.05, 4.69) is 40.8 Å². The van der Waals surface area contributed by atoms with Crippen molar-refractivity contribution in [3.63, 3.8) is 0 Å². The second-order valence-electron chi connectivity index (χ2n) is 8.36. The Labute approximate surface area is 208 Å². The molecule has 0 spiro atoms. The van der Waals surface area contributed by atoms with Gasteiger partial charge in [0.1, 0.15) is 5.69 Å². The van der Waals surface area contributed by atoms with Crippen LogP contribution in [0.4, 0.5) is 11.4 Å². The first-order chi connectivity index (χ1) is 17.1. The molecule has 5 aromatic rings.